The molecule has 2 rings (SSSR count). The van der Waals surface area contributed by atoms with E-state index in [4.69, 9.17) is 14.8 Å². The molecule has 0 amide bonds. The molecule has 0 fully saturated rings. The van der Waals surface area contributed by atoms with Gasteiger partial charge >= 0.3 is 7.12 Å². The van der Waals surface area contributed by atoms with Gasteiger partial charge in [0.25, 0.3) is 0 Å². The number of benzene rings is 2. The molecule has 2 N–H and O–H groups in total. The highest BCUT2D eigenvalue weighted by atomic mass is 79.9. The summed E-state index contributed by atoms with van der Waals surface area (Å²) in [7, 11) is -1.85. The van der Waals surface area contributed by atoms with Crippen LogP contribution < -0.4 is 10.2 Å². The SMILES string of the molecule is OB(O)c1cc(Br)c(OCc2ccccc2)cc1F. The second-order valence-corrected chi connectivity index (χ2v) is 4.81. The third-order valence-corrected chi connectivity index (χ3v) is 3.19. The van der Waals surface area contributed by atoms with Gasteiger partial charge in [0.15, 0.2) is 0 Å². The second kappa shape index (κ2) is 6.19. The van der Waals surface area contributed by atoms with Gasteiger partial charge < -0.3 is 14.8 Å². The van der Waals surface area contributed by atoms with Crippen LogP contribution in [0, 0.1) is 5.82 Å². The van der Waals surface area contributed by atoms with Crippen molar-refractivity contribution in [3.8, 4) is 5.75 Å². The van der Waals surface area contributed by atoms with E-state index in [2.05, 4.69) is 15.9 Å². The molecule has 0 aromatic heterocycles. The zero-order valence-corrected chi connectivity index (χ0v) is 11.5. The second-order valence-electron chi connectivity index (χ2n) is 3.95. The van der Waals surface area contributed by atoms with Crippen LogP contribution in [0.5, 0.6) is 5.75 Å². The third-order valence-electron chi connectivity index (χ3n) is 2.57. The minimum absolute atomic E-state index is 0.195. The monoisotopic (exact) mass is 324 g/mol. The molecule has 0 spiro atoms. The molecule has 0 aliphatic heterocycles. The van der Waals surface area contributed by atoms with Crippen LogP contribution in [-0.2, 0) is 6.61 Å². The van der Waals surface area contributed by atoms with Gasteiger partial charge in [-0.05, 0) is 27.6 Å². The molecule has 0 unspecified atom stereocenters. The molecular weight excluding hydrogens is 314 g/mol. The molecule has 0 saturated carbocycles. The van der Waals surface area contributed by atoms with Gasteiger partial charge in [-0.25, -0.2) is 4.39 Å². The van der Waals surface area contributed by atoms with Gasteiger partial charge in [-0.3, -0.25) is 0 Å². The highest BCUT2D eigenvalue weighted by Crippen LogP contribution is 2.25. The van der Waals surface area contributed by atoms with Crippen molar-refractivity contribution >= 4 is 28.5 Å². The molecule has 6 heteroatoms. The van der Waals surface area contributed by atoms with Crippen molar-refractivity contribution in [2.75, 3.05) is 0 Å². The first kappa shape index (κ1) is 14.1. The van der Waals surface area contributed by atoms with E-state index >= 15 is 0 Å². The van der Waals surface area contributed by atoms with Crippen LogP contribution in [0.2, 0.25) is 0 Å². The van der Waals surface area contributed by atoms with E-state index < -0.39 is 12.9 Å². The van der Waals surface area contributed by atoms with E-state index in [1.165, 1.54) is 6.07 Å². The van der Waals surface area contributed by atoms with Crippen molar-refractivity contribution in [1.29, 1.82) is 0 Å². The molecule has 2 aromatic rings. The Balaban J connectivity index is 2.15. The Bertz CT molecular complexity index is 563. The average Bonchev–Trinajstić information content (AvgIpc) is 2.40. The lowest BCUT2D eigenvalue weighted by molar-refractivity contribution is 0.302. The topological polar surface area (TPSA) is 49.7 Å². The Morgan fingerprint density at radius 2 is 1.84 bits per heavy atom. The molecule has 0 saturated heterocycles. The van der Waals surface area contributed by atoms with Crippen molar-refractivity contribution in [1.82, 2.24) is 0 Å². The van der Waals surface area contributed by atoms with Crippen LogP contribution in [0.4, 0.5) is 4.39 Å². The summed E-state index contributed by atoms with van der Waals surface area (Å²) in [6.45, 7) is 0.305. The lowest BCUT2D eigenvalue weighted by atomic mass is 9.80. The van der Waals surface area contributed by atoms with Crippen LogP contribution in [0.1, 0.15) is 5.56 Å². The Hall–Kier alpha value is -1.37. The average molecular weight is 325 g/mol. The first-order valence-corrected chi connectivity index (χ1v) is 6.39. The number of hydrogen-bond donors (Lipinski definition) is 2. The van der Waals surface area contributed by atoms with Crippen LogP contribution in [0.3, 0.4) is 0 Å². The first-order chi connectivity index (χ1) is 9.08. The highest BCUT2D eigenvalue weighted by molar-refractivity contribution is 9.10. The number of ether oxygens (including phenoxy) is 1. The lowest BCUT2D eigenvalue weighted by Crippen LogP contribution is -2.32. The van der Waals surface area contributed by atoms with Crippen molar-refractivity contribution in [3.05, 3.63) is 58.3 Å². The quantitative estimate of drug-likeness (QED) is 0.844. The molecular formula is C13H11BBrFO3. The normalized spacial score (nSPS) is 10.3. The summed E-state index contributed by atoms with van der Waals surface area (Å²) in [5.74, 6) is -0.410. The minimum atomic E-state index is -1.85. The van der Waals surface area contributed by atoms with Gasteiger partial charge in [-0.15, -0.1) is 0 Å². The van der Waals surface area contributed by atoms with E-state index in [1.54, 1.807) is 0 Å². The minimum Gasteiger partial charge on any atom is -0.488 e. The lowest BCUT2D eigenvalue weighted by Gasteiger charge is -2.10. The Labute approximate surface area is 118 Å². The molecule has 0 bridgehead atoms. The molecule has 19 heavy (non-hydrogen) atoms. The summed E-state index contributed by atoms with van der Waals surface area (Å²) in [6.07, 6.45) is 0. The fraction of sp³-hybridized carbons (Fsp3) is 0.0769. The van der Waals surface area contributed by atoms with Gasteiger partial charge in [-0.1, -0.05) is 30.3 Å². The molecule has 0 atom stereocenters. The van der Waals surface area contributed by atoms with E-state index in [0.717, 1.165) is 11.6 Å². The summed E-state index contributed by atoms with van der Waals surface area (Å²) in [5.41, 5.74) is 0.764. The van der Waals surface area contributed by atoms with Gasteiger partial charge in [0, 0.05) is 11.5 Å². The van der Waals surface area contributed by atoms with Crippen molar-refractivity contribution in [2.24, 2.45) is 0 Å². The molecule has 0 radical (unpaired) electrons. The van der Waals surface area contributed by atoms with Crippen molar-refractivity contribution in [2.45, 2.75) is 6.61 Å². The zero-order chi connectivity index (χ0) is 13.8. The third kappa shape index (κ3) is 3.56. The summed E-state index contributed by atoms with van der Waals surface area (Å²) >= 11 is 3.21. The maximum absolute atomic E-state index is 13.6. The predicted octanol–water partition coefficient (Wildman–Crippen LogP) is 1.85. The highest BCUT2D eigenvalue weighted by Gasteiger charge is 2.19. The van der Waals surface area contributed by atoms with Crippen LogP contribution in [0.15, 0.2) is 46.9 Å². The predicted molar refractivity (Wildman–Crippen MR) is 74.7 cm³/mol. The molecule has 0 aliphatic rings. The van der Waals surface area contributed by atoms with E-state index in [9.17, 15) is 4.39 Å². The molecule has 98 valence electrons. The van der Waals surface area contributed by atoms with Gasteiger partial charge in [0.2, 0.25) is 0 Å². The van der Waals surface area contributed by atoms with E-state index in [0.29, 0.717) is 16.8 Å². The largest absolute Gasteiger partial charge is 0.491 e. The van der Waals surface area contributed by atoms with Crippen molar-refractivity contribution in [3.63, 3.8) is 0 Å². The Morgan fingerprint density at radius 1 is 1.16 bits per heavy atom. The maximum Gasteiger partial charge on any atom is 0.491 e. The van der Waals surface area contributed by atoms with Gasteiger partial charge in [0.05, 0.1) is 4.47 Å². The smallest absolute Gasteiger partial charge is 0.488 e. The molecule has 3 nitrogen and oxygen atoms in total. The Kier molecular flexibility index (Phi) is 4.58. The van der Waals surface area contributed by atoms with Crippen molar-refractivity contribution < 1.29 is 19.2 Å². The summed E-state index contributed by atoms with van der Waals surface area (Å²) in [5, 5.41) is 18.0. The van der Waals surface area contributed by atoms with E-state index in [-0.39, 0.29) is 5.46 Å². The number of halogens is 2. The zero-order valence-electron chi connectivity index (χ0n) is 9.88. The molecule has 2 aromatic carbocycles. The maximum atomic E-state index is 13.6. The summed E-state index contributed by atoms with van der Waals surface area (Å²) in [4.78, 5) is 0. The van der Waals surface area contributed by atoms with Gasteiger partial charge in [-0.2, -0.15) is 0 Å². The van der Waals surface area contributed by atoms with Gasteiger partial charge in [0.1, 0.15) is 18.2 Å². The number of hydrogen-bond acceptors (Lipinski definition) is 3. The standard InChI is InChI=1S/C13H11BBrFO3/c15-11-6-10(14(17)18)12(16)7-13(11)19-8-9-4-2-1-3-5-9/h1-7,17-18H,8H2. The summed E-state index contributed by atoms with van der Waals surface area (Å²) < 4.78 is 19.5. The molecule has 0 aliphatic carbocycles. The Morgan fingerprint density at radius 3 is 2.47 bits per heavy atom. The number of rotatable bonds is 4. The fourth-order valence-electron chi connectivity index (χ4n) is 1.59. The van der Waals surface area contributed by atoms with Crippen LogP contribution >= 0.6 is 15.9 Å². The van der Waals surface area contributed by atoms with Crippen LogP contribution in [0.25, 0.3) is 0 Å². The first-order valence-electron chi connectivity index (χ1n) is 5.59. The van der Waals surface area contributed by atoms with E-state index in [1.807, 2.05) is 30.3 Å². The van der Waals surface area contributed by atoms with Crippen LogP contribution in [-0.4, -0.2) is 17.2 Å². The molecule has 0 heterocycles. The summed E-state index contributed by atoms with van der Waals surface area (Å²) in [6, 6.07) is 11.9. The fourth-order valence-corrected chi connectivity index (χ4v) is 2.06.